The smallest absolute Gasteiger partial charge is 0.293 e. The van der Waals surface area contributed by atoms with E-state index in [0.29, 0.717) is 24.6 Å². The molecule has 0 aliphatic heterocycles. The number of rotatable bonds is 15. The molecule has 192 valence electrons. The van der Waals surface area contributed by atoms with Crippen molar-refractivity contribution in [1.82, 2.24) is 0 Å². The van der Waals surface area contributed by atoms with Crippen LogP contribution in [-0.2, 0) is 14.3 Å². The fourth-order valence-electron chi connectivity index (χ4n) is 2.69. The number of allylic oxidation sites excluding steroid dienone is 10. The van der Waals surface area contributed by atoms with E-state index < -0.39 is 0 Å². The van der Waals surface area contributed by atoms with Gasteiger partial charge in [-0.2, -0.15) is 0 Å². The Morgan fingerprint density at radius 3 is 2.00 bits per heavy atom. The molecule has 0 radical (unpaired) electrons. The maximum absolute atomic E-state index is 10.4. The molecular weight excluding hydrogens is 420 g/mol. The molecule has 0 aromatic carbocycles. The number of carbonyl (C=O) groups excluding carboxylic acids is 1. The first kappa shape index (κ1) is 35.8. The third-order valence-corrected chi connectivity index (χ3v) is 5.08. The summed E-state index contributed by atoms with van der Waals surface area (Å²) in [6.07, 6.45) is 12.6. The predicted molar refractivity (Wildman–Crippen MR) is 152 cm³/mol. The van der Waals surface area contributed by atoms with Crippen LogP contribution in [0, 0.1) is 11.8 Å². The molecule has 2 unspecified atom stereocenters. The lowest BCUT2D eigenvalue weighted by Crippen LogP contribution is -2.03. The van der Waals surface area contributed by atoms with Gasteiger partial charge in [0.2, 0.25) is 0 Å². The van der Waals surface area contributed by atoms with Crippen molar-refractivity contribution in [3.05, 3.63) is 96.9 Å². The van der Waals surface area contributed by atoms with Crippen molar-refractivity contribution in [1.29, 1.82) is 0 Å². The molecule has 0 bridgehead atoms. The van der Waals surface area contributed by atoms with E-state index in [-0.39, 0.29) is 12.5 Å². The van der Waals surface area contributed by atoms with Gasteiger partial charge in [0.15, 0.2) is 0 Å². The van der Waals surface area contributed by atoms with Crippen LogP contribution in [0.1, 0.15) is 67.7 Å². The molecule has 0 aliphatic rings. The van der Waals surface area contributed by atoms with Crippen molar-refractivity contribution in [2.24, 2.45) is 11.8 Å². The highest BCUT2D eigenvalue weighted by molar-refractivity contribution is 5.48. The molecule has 0 fully saturated rings. The molecule has 0 aromatic rings. The Morgan fingerprint density at radius 1 is 1.00 bits per heavy atom. The monoisotopic (exact) mass is 470 g/mol. The van der Waals surface area contributed by atoms with Gasteiger partial charge in [0, 0.05) is 12.3 Å². The Hall–Kier alpha value is -2.81. The molecular formula is C31H50O3. The van der Waals surface area contributed by atoms with E-state index in [9.17, 15) is 4.79 Å². The van der Waals surface area contributed by atoms with E-state index in [2.05, 4.69) is 66.7 Å². The fraction of sp³-hybridized carbons (Fsp3) is 0.452. The SMILES string of the molecule is C=C(/C=C\C(=C)C(C)/C(=C\C(C)CC)CC)C(=C)/C=C(/CCOC=O)C(=C)OC.C=CC.CC. The molecule has 0 spiro atoms. The zero-order valence-electron chi connectivity index (χ0n) is 23.2. The normalized spacial score (nSPS) is 12.7. The predicted octanol–water partition coefficient (Wildman–Crippen LogP) is 9.10. The highest BCUT2D eigenvalue weighted by atomic mass is 16.5. The number of hydrogen-bond donors (Lipinski definition) is 0. The Labute approximate surface area is 211 Å². The first-order valence-electron chi connectivity index (χ1n) is 12.1. The van der Waals surface area contributed by atoms with Crippen LogP contribution in [-0.4, -0.2) is 20.2 Å². The lowest BCUT2D eigenvalue weighted by atomic mass is 9.88. The maximum atomic E-state index is 10.4. The lowest BCUT2D eigenvalue weighted by molar-refractivity contribution is -0.128. The van der Waals surface area contributed by atoms with Crippen molar-refractivity contribution < 1.29 is 14.3 Å². The molecule has 2 atom stereocenters. The number of hydrogen-bond acceptors (Lipinski definition) is 3. The largest absolute Gasteiger partial charge is 0.497 e. The highest BCUT2D eigenvalue weighted by Crippen LogP contribution is 2.26. The summed E-state index contributed by atoms with van der Waals surface area (Å²) in [6, 6.07) is 0. The Kier molecular flexibility index (Phi) is 24.6. The van der Waals surface area contributed by atoms with Gasteiger partial charge in [-0.25, -0.2) is 0 Å². The van der Waals surface area contributed by atoms with Crippen molar-refractivity contribution in [2.45, 2.75) is 67.7 Å². The highest BCUT2D eigenvalue weighted by Gasteiger charge is 2.11. The van der Waals surface area contributed by atoms with Crippen molar-refractivity contribution in [3.8, 4) is 0 Å². The van der Waals surface area contributed by atoms with Gasteiger partial charge < -0.3 is 9.47 Å². The number of ether oxygens (including phenoxy) is 2. The topological polar surface area (TPSA) is 35.5 Å². The summed E-state index contributed by atoms with van der Waals surface area (Å²) in [7, 11) is 1.55. The average molecular weight is 471 g/mol. The Bertz CT molecular complexity index is 732. The first-order chi connectivity index (χ1) is 16.1. The van der Waals surface area contributed by atoms with E-state index in [1.54, 1.807) is 13.2 Å². The zero-order chi connectivity index (χ0) is 27.1. The summed E-state index contributed by atoms with van der Waals surface area (Å²) in [4.78, 5) is 10.4. The fourth-order valence-corrected chi connectivity index (χ4v) is 2.69. The van der Waals surface area contributed by atoms with Crippen LogP contribution in [0.5, 0.6) is 0 Å². The second-order valence-electron chi connectivity index (χ2n) is 7.58. The summed E-state index contributed by atoms with van der Waals surface area (Å²) in [5.74, 6) is 1.36. The van der Waals surface area contributed by atoms with Gasteiger partial charge in [0.1, 0.15) is 5.76 Å². The van der Waals surface area contributed by atoms with Crippen molar-refractivity contribution in [3.63, 3.8) is 0 Å². The van der Waals surface area contributed by atoms with Crippen molar-refractivity contribution >= 4 is 6.47 Å². The van der Waals surface area contributed by atoms with Gasteiger partial charge >= 0.3 is 0 Å². The van der Waals surface area contributed by atoms with E-state index in [1.807, 2.05) is 39.0 Å². The van der Waals surface area contributed by atoms with E-state index in [1.165, 1.54) is 5.57 Å². The van der Waals surface area contributed by atoms with E-state index >= 15 is 0 Å². The van der Waals surface area contributed by atoms with E-state index in [4.69, 9.17) is 9.47 Å². The Balaban J connectivity index is -0.00000177. The van der Waals surface area contributed by atoms with Crippen LogP contribution in [0.25, 0.3) is 0 Å². The van der Waals surface area contributed by atoms with Crippen LogP contribution < -0.4 is 0 Å². The summed E-state index contributed by atoms with van der Waals surface area (Å²) in [6.45, 7) is 35.1. The van der Waals surface area contributed by atoms with Gasteiger partial charge in [-0.15, -0.1) is 6.58 Å². The van der Waals surface area contributed by atoms with Gasteiger partial charge in [0.25, 0.3) is 6.47 Å². The molecule has 0 rings (SSSR count). The van der Waals surface area contributed by atoms with Crippen LogP contribution in [0.3, 0.4) is 0 Å². The zero-order valence-corrected chi connectivity index (χ0v) is 23.2. The minimum absolute atomic E-state index is 0.254. The molecule has 0 amide bonds. The maximum Gasteiger partial charge on any atom is 0.293 e. The van der Waals surface area contributed by atoms with Gasteiger partial charge in [-0.1, -0.05) is 104 Å². The molecule has 34 heavy (non-hydrogen) atoms. The number of methoxy groups -OCH3 is 1. The second kappa shape index (κ2) is 23.4. The van der Waals surface area contributed by atoms with Crippen LogP contribution in [0.2, 0.25) is 0 Å². The van der Waals surface area contributed by atoms with Crippen LogP contribution in [0.15, 0.2) is 96.9 Å². The summed E-state index contributed by atoms with van der Waals surface area (Å²) in [5, 5.41) is 0. The Morgan fingerprint density at radius 2 is 1.56 bits per heavy atom. The van der Waals surface area contributed by atoms with E-state index in [0.717, 1.165) is 35.1 Å². The molecule has 0 aliphatic carbocycles. The second-order valence-corrected chi connectivity index (χ2v) is 7.58. The van der Waals surface area contributed by atoms with Crippen molar-refractivity contribution in [2.75, 3.05) is 13.7 Å². The third-order valence-electron chi connectivity index (χ3n) is 5.08. The molecule has 3 heteroatoms. The molecule has 0 saturated heterocycles. The molecule has 3 nitrogen and oxygen atoms in total. The summed E-state index contributed by atoms with van der Waals surface area (Å²) in [5.41, 5.74) is 4.78. The van der Waals surface area contributed by atoms with Gasteiger partial charge in [-0.3, -0.25) is 4.79 Å². The molecule has 0 aromatic heterocycles. The first-order valence-corrected chi connectivity index (χ1v) is 12.1. The minimum Gasteiger partial charge on any atom is -0.497 e. The molecule has 0 saturated carbocycles. The average Bonchev–Trinajstić information content (AvgIpc) is 2.85. The van der Waals surface area contributed by atoms with Gasteiger partial charge in [-0.05, 0) is 47.6 Å². The third kappa shape index (κ3) is 16.8. The summed E-state index contributed by atoms with van der Waals surface area (Å²) < 4.78 is 9.99. The summed E-state index contributed by atoms with van der Waals surface area (Å²) >= 11 is 0. The van der Waals surface area contributed by atoms with Crippen LogP contribution >= 0.6 is 0 Å². The minimum atomic E-state index is 0.254. The molecule has 0 heterocycles. The lowest BCUT2D eigenvalue weighted by Gasteiger charge is -2.17. The number of carbonyl (C=O) groups is 1. The standard InChI is InChI=1S/C26H38O3.C3H6.C2H6/c1-10-19(3)16-25(11-2)23(7)21(5)13-12-20(4)22(6)17-26(24(8)28-9)14-15-29-18-27;1-3-2;1-2/h12-13,16-19,23H,4-6,8,10-11,14-15H2,1-3,7,9H3;3H,1H2,2H3;1-2H3/b13-12-,25-16-,26-17-;;. The quantitative estimate of drug-likeness (QED) is 0.0787. The van der Waals surface area contributed by atoms with Crippen LogP contribution in [0.4, 0.5) is 0 Å². The van der Waals surface area contributed by atoms with Gasteiger partial charge in [0.05, 0.1) is 13.7 Å². The molecule has 0 N–H and O–H groups in total.